The van der Waals surface area contributed by atoms with Crippen LogP contribution >= 0.6 is 0 Å². The molecule has 0 aromatic rings. The van der Waals surface area contributed by atoms with E-state index >= 15 is 0 Å². The van der Waals surface area contributed by atoms with Gasteiger partial charge in [-0.15, -0.1) is 0 Å². The summed E-state index contributed by atoms with van der Waals surface area (Å²) in [6.45, 7) is 3.87. The number of amides is 2. The second kappa shape index (κ2) is 5.48. The van der Waals surface area contributed by atoms with Gasteiger partial charge in [0.2, 0.25) is 11.8 Å². The Kier molecular flexibility index (Phi) is 4.28. The smallest absolute Gasteiger partial charge is 0.328 e. The van der Waals surface area contributed by atoms with Gasteiger partial charge in [-0.05, 0) is 13.8 Å². The summed E-state index contributed by atoms with van der Waals surface area (Å²) in [6.07, 6.45) is 0.182. The molecule has 6 heteroatoms. The molecule has 2 atom stereocenters. The van der Waals surface area contributed by atoms with E-state index in [9.17, 15) is 14.4 Å². The molecule has 2 unspecified atom stereocenters. The van der Waals surface area contributed by atoms with Gasteiger partial charge < -0.3 is 15.4 Å². The number of carbonyl (C=O) groups is 3. The Hall–Kier alpha value is -1.59. The molecule has 2 amide bonds. The maximum Gasteiger partial charge on any atom is 0.328 e. The standard InChI is InChI=1S/C10H16N2O4/c1-3-16-10(15)6(2)12-9(14)7-4-8(13)11-5-7/h6-7H,3-5H2,1-2H3,(H,11,13)(H,12,14). The van der Waals surface area contributed by atoms with E-state index in [2.05, 4.69) is 10.6 Å². The zero-order chi connectivity index (χ0) is 12.1. The minimum atomic E-state index is -0.678. The first-order valence-corrected chi connectivity index (χ1v) is 5.28. The summed E-state index contributed by atoms with van der Waals surface area (Å²) < 4.78 is 4.75. The van der Waals surface area contributed by atoms with Gasteiger partial charge in [0.05, 0.1) is 12.5 Å². The minimum absolute atomic E-state index is 0.135. The van der Waals surface area contributed by atoms with Crippen LogP contribution in [0.25, 0.3) is 0 Å². The number of esters is 1. The largest absolute Gasteiger partial charge is 0.464 e. The van der Waals surface area contributed by atoms with Crippen LogP contribution in [0.1, 0.15) is 20.3 Å². The van der Waals surface area contributed by atoms with E-state index in [1.165, 1.54) is 0 Å². The normalized spacial score (nSPS) is 21.1. The highest BCUT2D eigenvalue weighted by molar-refractivity contribution is 5.91. The Balaban J connectivity index is 2.39. The van der Waals surface area contributed by atoms with E-state index in [4.69, 9.17) is 4.74 Å². The summed E-state index contributed by atoms with van der Waals surface area (Å²) >= 11 is 0. The second-order valence-electron chi connectivity index (χ2n) is 3.69. The number of ether oxygens (including phenoxy) is 1. The van der Waals surface area contributed by atoms with Crippen molar-refractivity contribution < 1.29 is 19.1 Å². The van der Waals surface area contributed by atoms with Crippen molar-refractivity contribution in [3.63, 3.8) is 0 Å². The lowest BCUT2D eigenvalue weighted by atomic mass is 10.1. The Morgan fingerprint density at radius 1 is 1.62 bits per heavy atom. The number of nitrogens with one attached hydrogen (secondary N) is 2. The number of hydrogen-bond donors (Lipinski definition) is 2. The predicted octanol–water partition coefficient (Wildman–Crippen LogP) is -0.810. The molecule has 6 nitrogen and oxygen atoms in total. The Bertz CT molecular complexity index is 303. The fourth-order valence-corrected chi connectivity index (χ4v) is 1.45. The average molecular weight is 228 g/mol. The van der Waals surface area contributed by atoms with Crippen molar-refractivity contribution in [2.75, 3.05) is 13.2 Å². The van der Waals surface area contributed by atoms with E-state index in [0.29, 0.717) is 6.54 Å². The first-order valence-electron chi connectivity index (χ1n) is 5.28. The van der Waals surface area contributed by atoms with Crippen LogP contribution < -0.4 is 10.6 Å². The van der Waals surface area contributed by atoms with Crippen molar-refractivity contribution in [1.82, 2.24) is 10.6 Å². The topological polar surface area (TPSA) is 84.5 Å². The maximum absolute atomic E-state index is 11.6. The monoisotopic (exact) mass is 228 g/mol. The Morgan fingerprint density at radius 2 is 2.31 bits per heavy atom. The van der Waals surface area contributed by atoms with Gasteiger partial charge in [0.1, 0.15) is 6.04 Å². The van der Waals surface area contributed by atoms with Crippen molar-refractivity contribution in [1.29, 1.82) is 0 Å². The van der Waals surface area contributed by atoms with Gasteiger partial charge in [-0.3, -0.25) is 9.59 Å². The summed E-state index contributed by atoms with van der Waals surface area (Å²) in [5.41, 5.74) is 0. The molecule has 0 aromatic heterocycles. The van der Waals surface area contributed by atoms with Crippen LogP contribution in [-0.4, -0.2) is 37.0 Å². The van der Waals surface area contributed by atoms with E-state index in [1.807, 2.05) is 0 Å². The fourth-order valence-electron chi connectivity index (χ4n) is 1.45. The third-order valence-corrected chi connectivity index (χ3v) is 2.35. The molecule has 1 aliphatic rings. The van der Waals surface area contributed by atoms with Gasteiger partial charge in [0, 0.05) is 13.0 Å². The van der Waals surface area contributed by atoms with E-state index in [1.54, 1.807) is 13.8 Å². The number of carbonyl (C=O) groups excluding carboxylic acids is 3. The molecule has 1 heterocycles. The molecule has 1 aliphatic heterocycles. The molecule has 1 fully saturated rings. The summed E-state index contributed by atoms with van der Waals surface area (Å²) in [7, 11) is 0. The molecule has 0 aromatic carbocycles. The van der Waals surface area contributed by atoms with Crippen LogP contribution in [0.4, 0.5) is 0 Å². The minimum Gasteiger partial charge on any atom is -0.464 e. The van der Waals surface area contributed by atoms with Crippen molar-refractivity contribution >= 4 is 17.8 Å². The lowest BCUT2D eigenvalue weighted by molar-refractivity contribution is -0.147. The third kappa shape index (κ3) is 3.22. The zero-order valence-corrected chi connectivity index (χ0v) is 9.41. The molecule has 2 N–H and O–H groups in total. The van der Waals surface area contributed by atoms with Gasteiger partial charge in [0.25, 0.3) is 0 Å². The highest BCUT2D eigenvalue weighted by Crippen LogP contribution is 2.09. The predicted molar refractivity (Wildman–Crippen MR) is 55.4 cm³/mol. The van der Waals surface area contributed by atoms with Crippen LogP contribution in [0.15, 0.2) is 0 Å². The maximum atomic E-state index is 11.6. The average Bonchev–Trinajstić information content (AvgIpc) is 2.65. The van der Waals surface area contributed by atoms with Crippen LogP contribution in [-0.2, 0) is 19.1 Å². The lowest BCUT2D eigenvalue weighted by Gasteiger charge is -2.14. The van der Waals surface area contributed by atoms with E-state index in [0.717, 1.165) is 0 Å². The molecule has 0 saturated carbocycles. The van der Waals surface area contributed by atoms with Crippen LogP contribution in [0, 0.1) is 5.92 Å². The van der Waals surface area contributed by atoms with Gasteiger partial charge in [0.15, 0.2) is 0 Å². The molecule has 1 saturated heterocycles. The van der Waals surface area contributed by atoms with Gasteiger partial charge in [-0.25, -0.2) is 4.79 Å². The molecule has 0 radical (unpaired) electrons. The molecular weight excluding hydrogens is 212 g/mol. The second-order valence-corrected chi connectivity index (χ2v) is 3.69. The van der Waals surface area contributed by atoms with Crippen LogP contribution in [0.5, 0.6) is 0 Å². The fraction of sp³-hybridized carbons (Fsp3) is 0.700. The van der Waals surface area contributed by atoms with Crippen LogP contribution in [0.2, 0.25) is 0 Å². The number of rotatable bonds is 4. The van der Waals surface area contributed by atoms with E-state index in [-0.39, 0.29) is 30.8 Å². The van der Waals surface area contributed by atoms with Gasteiger partial charge in [-0.2, -0.15) is 0 Å². The summed E-state index contributed by atoms with van der Waals surface area (Å²) in [6, 6.07) is -0.678. The zero-order valence-electron chi connectivity index (χ0n) is 9.41. The van der Waals surface area contributed by atoms with E-state index < -0.39 is 12.0 Å². The molecule has 0 aliphatic carbocycles. The summed E-state index contributed by atoms with van der Waals surface area (Å²) in [4.78, 5) is 33.7. The van der Waals surface area contributed by atoms with Crippen molar-refractivity contribution in [3.8, 4) is 0 Å². The van der Waals surface area contributed by atoms with Crippen LogP contribution in [0.3, 0.4) is 0 Å². The molecule has 0 spiro atoms. The van der Waals surface area contributed by atoms with Crippen molar-refractivity contribution in [2.24, 2.45) is 5.92 Å². The van der Waals surface area contributed by atoms with Gasteiger partial charge >= 0.3 is 5.97 Å². The highest BCUT2D eigenvalue weighted by atomic mass is 16.5. The molecule has 90 valence electrons. The molecule has 0 bridgehead atoms. The third-order valence-electron chi connectivity index (χ3n) is 2.35. The summed E-state index contributed by atoms with van der Waals surface area (Å²) in [5, 5.41) is 5.08. The highest BCUT2D eigenvalue weighted by Gasteiger charge is 2.29. The Morgan fingerprint density at radius 3 is 2.81 bits per heavy atom. The Labute approximate surface area is 93.7 Å². The lowest BCUT2D eigenvalue weighted by Crippen LogP contribution is -2.43. The first kappa shape index (κ1) is 12.5. The first-order chi connectivity index (χ1) is 7.54. The SMILES string of the molecule is CCOC(=O)C(C)NC(=O)C1CNC(=O)C1. The molecule has 1 rings (SSSR count). The number of hydrogen-bond acceptors (Lipinski definition) is 4. The summed E-state index contributed by atoms with van der Waals surface area (Å²) in [5.74, 6) is -1.28. The van der Waals surface area contributed by atoms with Gasteiger partial charge in [-0.1, -0.05) is 0 Å². The molecular formula is C10H16N2O4. The quantitative estimate of drug-likeness (QED) is 0.616. The van der Waals surface area contributed by atoms with Crippen molar-refractivity contribution in [2.45, 2.75) is 26.3 Å². The van der Waals surface area contributed by atoms with Crippen molar-refractivity contribution in [3.05, 3.63) is 0 Å². The molecule has 16 heavy (non-hydrogen) atoms.